The van der Waals surface area contributed by atoms with Crippen molar-refractivity contribution in [1.29, 1.82) is 0 Å². The largest absolute Gasteiger partial charge is 0.463 e. The van der Waals surface area contributed by atoms with Crippen molar-refractivity contribution in [3.63, 3.8) is 0 Å². The Morgan fingerprint density at radius 2 is 2.10 bits per heavy atom. The zero-order chi connectivity index (χ0) is 14.8. The average molecular weight is 280 g/mol. The molecule has 0 aliphatic carbocycles. The lowest BCUT2D eigenvalue weighted by atomic mass is 10.3. The van der Waals surface area contributed by atoms with Gasteiger partial charge in [-0.15, -0.1) is 0 Å². The highest BCUT2D eigenvalue weighted by molar-refractivity contribution is 5.81. The molecule has 108 valence electrons. The highest BCUT2D eigenvalue weighted by atomic mass is 16.8. The minimum Gasteiger partial charge on any atom is -0.463 e. The maximum atomic E-state index is 11.1. The van der Waals surface area contributed by atoms with Crippen LogP contribution in [0.3, 0.4) is 0 Å². The molecule has 0 saturated heterocycles. The Hall–Kier alpha value is -2.41. The molecule has 0 amide bonds. The van der Waals surface area contributed by atoms with Crippen LogP contribution in [0.1, 0.15) is 13.3 Å². The average Bonchev–Trinajstić information content (AvgIpc) is 2.45. The third-order valence-electron chi connectivity index (χ3n) is 2.12. The predicted molar refractivity (Wildman–Crippen MR) is 72.3 cm³/mol. The number of hydrazine groups is 1. The van der Waals surface area contributed by atoms with Crippen LogP contribution >= 0.6 is 0 Å². The summed E-state index contributed by atoms with van der Waals surface area (Å²) in [5, 5.41) is 10.7. The number of esters is 1. The van der Waals surface area contributed by atoms with E-state index < -0.39 is 11.0 Å². The number of benzene rings is 1. The lowest BCUT2D eigenvalue weighted by Crippen LogP contribution is -2.30. The number of para-hydroxylation sites is 1. The topological polar surface area (TPSA) is 81.9 Å². The van der Waals surface area contributed by atoms with Gasteiger partial charge in [-0.25, -0.2) is 19.7 Å². The molecule has 0 fully saturated rings. The van der Waals surface area contributed by atoms with E-state index in [4.69, 9.17) is 9.57 Å². The molecular weight excluding hydrogens is 264 g/mol. The van der Waals surface area contributed by atoms with Crippen LogP contribution in [0.2, 0.25) is 0 Å². The lowest BCUT2D eigenvalue weighted by molar-refractivity contribution is -0.546. The van der Waals surface area contributed by atoms with Crippen molar-refractivity contribution in [3.05, 3.63) is 52.6 Å². The fraction of sp³-hybridized carbons (Fsp3) is 0.308. The van der Waals surface area contributed by atoms with Crippen molar-refractivity contribution in [3.8, 4) is 0 Å². The number of ether oxygens (including phenoxy) is 1. The summed E-state index contributed by atoms with van der Waals surface area (Å²) in [6, 6.07) is 8.15. The van der Waals surface area contributed by atoms with Gasteiger partial charge in [0.15, 0.2) is 5.03 Å². The third-order valence-corrected chi connectivity index (χ3v) is 2.12. The van der Waals surface area contributed by atoms with Gasteiger partial charge in [0.05, 0.1) is 13.2 Å². The fourth-order valence-electron chi connectivity index (χ4n) is 1.28. The van der Waals surface area contributed by atoms with Gasteiger partial charge in [-0.1, -0.05) is 25.1 Å². The molecule has 1 aromatic carbocycles. The van der Waals surface area contributed by atoms with Crippen molar-refractivity contribution in [2.75, 3.05) is 18.4 Å². The van der Waals surface area contributed by atoms with Gasteiger partial charge >= 0.3 is 5.97 Å². The lowest BCUT2D eigenvalue weighted by Gasteiger charge is -2.11. The first-order valence-electron chi connectivity index (χ1n) is 6.10. The van der Waals surface area contributed by atoms with E-state index in [1.54, 1.807) is 30.3 Å². The summed E-state index contributed by atoms with van der Waals surface area (Å²) < 4.78 is 4.80. The van der Waals surface area contributed by atoms with Gasteiger partial charge in [0.2, 0.25) is 0 Å². The summed E-state index contributed by atoms with van der Waals surface area (Å²) in [7, 11) is 0. The van der Waals surface area contributed by atoms with Crippen LogP contribution in [0.15, 0.2) is 42.5 Å². The molecule has 0 heterocycles. The standard InChI is InChI=1S/C13H16N2O5/c1-2-10-19-13(16)9-6-11-20-14(15(17)18)12-7-4-3-5-8-12/h3-9H,2,10-11H2,1H3. The van der Waals surface area contributed by atoms with Crippen LogP contribution in [-0.4, -0.2) is 24.2 Å². The van der Waals surface area contributed by atoms with Crippen LogP contribution in [-0.2, 0) is 14.4 Å². The van der Waals surface area contributed by atoms with E-state index in [1.165, 1.54) is 12.2 Å². The van der Waals surface area contributed by atoms with Crippen LogP contribution in [0, 0.1) is 10.1 Å². The second-order valence-electron chi connectivity index (χ2n) is 3.71. The summed E-state index contributed by atoms with van der Waals surface area (Å²) in [5.74, 6) is -0.497. The number of nitro groups is 1. The molecule has 0 spiro atoms. The first kappa shape index (κ1) is 15.6. The molecule has 1 aromatic rings. The summed E-state index contributed by atoms with van der Waals surface area (Å²) in [5.41, 5.74) is 0.291. The van der Waals surface area contributed by atoms with E-state index in [2.05, 4.69) is 0 Å². The Labute approximate surface area is 116 Å². The van der Waals surface area contributed by atoms with Crippen LogP contribution in [0.5, 0.6) is 0 Å². The third kappa shape index (κ3) is 5.49. The van der Waals surface area contributed by atoms with E-state index >= 15 is 0 Å². The molecule has 7 heteroatoms. The number of hydrogen-bond acceptors (Lipinski definition) is 5. The number of hydrogen-bond donors (Lipinski definition) is 0. The molecular formula is C13H16N2O5. The Morgan fingerprint density at radius 3 is 2.70 bits per heavy atom. The number of carbonyl (C=O) groups excluding carboxylic acids is 1. The van der Waals surface area contributed by atoms with E-state index in [9.17, 15) is 14.9 Å². The molecule has 20 heavy (non-hydrogen) atoms. The Kier molecular flexibility index (Phi) is 6.77. The Balaban J connectivity index is 2.47. The minimum atomic E-state index is -0.682. The quantitative estimate of drug-likeness (QED) is 0.314. The monoisotopic (exact) mass is 280 g/mol. The summed E-state index contributed by atoms with van der Waals surface area (Å²) in [4.78, 5) is 27.0. The summed E-state index contributed by atoms with van der Waals surface area (Å²) in [6.45, 7) is 2.11. The van der Waals surface area contributed by atoms with Gasteiger partial charge in [0.1, 0.15) is 5.69 Å². The molecule has 0 aliphatic rings. The van der Waals surface area contributed by atoms with Crippen molar-refractivity contribution in [2.24, 2.45) is 0 Å². The molecule has 0 saturated carbocycles. The molecule has 0 atom stereocenters. The van der Waals surface area contributed by atoms with E-state index in [0.717, 1.165) is 6.42 Å². The molecule has 0 aliphatic heterocycles. The van der Waals surface area contributed by atoms with Crippen molar-refractivity contribution < 1.29 is 19.4 Å². The minimum absolute atomic E-state index is 0.114. The summed E-state index contributed by atoms with van der Waals surface area (Å²) >= 11 is 0. The molecule has 0 aromatic heterocycles. The number of carbonyl (C=O) groups is 1. The molecule has 0 radical (unpaired) electrons. The molecule has 0 bridgehead atoms. The van der Waals surface area contributed by atoms with Gasteiger partial charge in [-0.05, 0) is 24.6 Å². The van der Waals surface area contributed by atoms with Crippen LogP contribution in [0.25, 0.3) is 0 Å². The molecule has 0 unspecified atom stereocenters. The maximum Gasteiger partial charge on any atom is 0.330 e. The van der Waals surface area contributed by atoms with Crippen molar-refractivity contribution in [2.45, 2.75) is 13.3 Å². The predicted octanol–water partition coefficient (Wildman–Crippen LogP) is 2.13. The van der Waals surface area contributed by atoms with E-state index in [-0.39, 0.29) is 6.61 Å². The second kappa shape index (κ2) is 8.65. The maximum absolute atomic E-state index is 11.1. The van der Waals surface area contributed by atoms with E-state index in [1.807, 2.05) is 6.92 Å². The molecule has 0 N–H and O–H groups in total. The van der Waals surface area contributed by atoms with Crippen LogP contribution < -0.4 is 5.17 Å². The number of rotatable bonds is 8. The molecule has 1 rings (SSSR count). The zero-order valence-electron chi connectivity index (χ0n) is 11.1. The molecule has 7 nitrogen and oxygen atoms in total. The number of anilines is 1. The zero-order valence-corrected chi connectivity index (χ0v) is 11.1. The van der Waals surface area contributed by atoms with Gasteiger partial charge in [-0.2, -0.15) is 0 Å². The van der Waals surface area contributed by atoms with Crippen molar-refractivity contribution >= 4 is 11.7 Å². The highest BCUT2D eigenvalue weighted by Gasteiger charge is 2.17. The Bertz CT molecular complexity index is 461. The first-order chi connectivity index (χ1) is 9.65. The van der Waals surface area contributed by atoms with Crippen LogP contribution in [0.4, 0.5) is 5.69 Å². The van der Waals surface area contributed by atoms with Gasteiger partial charge in [0, 0.05) is 11.2 Å². The van der Waals surface area contributed by atoms with Gasteiger partial charge in [-0.3, -0.25) is 0 Å². The van der Waals surface area contributed by atoms with Gasteiger partial charge < -0.3 is 4.74 Å². The number of nitrogens with zero attached hydrogens (tertiary/aromatic N) is 2. The van der Waals surface area contributed by atoms with E-state index in [0.29, 0.717) is 17.5 Å². The van der Waals surface area contributed by atoms with Crippen molar-refractivity contribution in [1.82, 2.24) is 0 Å². The first-order valence-corrected chi connectivity index (χ1v) is 6.10. The Morgan fingerprint density at radius 1 is 1.40 bits per heavy atom. The normalized spacial score (nSPS) is 10.4. The second-order valence-corrected chi connectivity index (χ2v) is 3.71. The van der Waals surface area contributed by atoms with Gasteiger partial charge in [0.25, 0.3) is 0 Å². The summed E-state index contributed by atoms with van der Waals surface area (Å²) in [6.07, 6.45) is 3.27. The smallest absolute Gasteiger partial charge is 0.330 e. The highest BCUT2D eigenvalue weighted by Crippen LogP contribution is 2.13. The fourth-order valence-corrected chi connectivity index (χ4v) is 1.28. The SMILES string of the molecule is CCCOC(=O)C=CCON(c1ccccc1)[N+](=O)[O-].